The van der Waals surface area contributed by atoms with Crippen molar-refractivity contribution in [2.75, 3.05) is 20.3 Å². The summed E-state index contributed by atoms with van der Waals surface area (Å²) in [7, 11) is 1.56. The number of carbonyl (C=O) groups excluding carboxylic acids is 1. The molecule has 0 radical (unpaired) electrons. The zero-order chi connectivity index (χ0) is 8.41. The first-order valence-corrected chi connectivity index (χ1v) is 3.01. The molecule has 0 atom stereocenters. The normalized spacial score (nSPS) is 7.50. The van der Waals surface area contributed by atoms with Gasteiger partial charge in [-0.25, -0.2) is 0 Å². The van der Waals surface area contributed by atoms with Crippen LogP contribution >= 0.6 is 0 Å². The van der Waals surface area contributed by atoms with Crippen LogP contribution in [0, 0.1) is 0 Å². The average molecular weight is 168 g/mol. The molecule has 0 aromatic heterocycles. The van der Waals surface area contributed by atoms with Crippen LogP contribution in [0.4, 0.5) is 0 Å². The second-order valence-corrected chi connectivity index (χ2v) is 1.33. The highest BCUT2D eigenvalue weighted by atomic mass is 32.1. The Morgan fingerprint density at radius 2 is 1.90 bits per heavy atom. The Balaban J connectivity index is 0. The van der Waals surface area contributed by atoms with Crippen LogP contribution in [0.15, 0.2) is 0 Å². The maximum absolute atomic E-state index is 10.0. The van der Waals surface area contributed by atoms with Gasteiger partial charge in [0.1, 0.15) is 6.61 Å². The number of hydrogen-bond acceptors (Lipinski definition) is 4. The van der Waals surface area contributed by atoms with Gasteiger partial charge in [-0.15, -0.1) is 0 Å². The van der Waals surface area contributed by atoms with E-state index in [0.29, 0.717) is 13.2 Å². The van der Waals surface area contributed by atoms with Crippen molar-refractivity contribution in [2.24, 2.45) is 0 Å². The van der Waals surface area contributed by atoms with E-state index in [9.17, 15) is 4.79 Å². The number of hydrogen-bond donors (Lipinski definition) is 0. The van der Waals surface area contributed by atoms with Crippen LogP contribution in [-0.2, 0) is 26.8 Å². The van der Waals surface area contributed by atoms with E-state index >= 15 is 0 Å². The third-order valence-electron chi connectivity index (χ3n) is 0.593. The number of esters is 1. The lowest BCUT2D eigenvalue weighted by Gasteiger charge is -1.97. The fraction of sp³-hybridized carbons (Fsp3) is 0.800. The van der Waals surface area contributed by atoms with Gasteiger partial charge in [-0.3, -0.25) is 9.00 Å². The molecule has 0 fully saturated rings. The number of rotatable bonds is 3. The molecule has 0 heterocycles. The summed E-state index contributed by atoms with van der Waals surface area (Å²) in [6.45, 7) is 2.20. The molecule has 0 saturated carbocycles. The van der Waals surface area contributed by atoms with Crippen molar-refractivity contribution in [2.45, 2.75) is 6.92 Å². The molecule has 0 spiro atoms. The molecule has 0 bridgehead atoms. The van der Waals surface area contributed by atoms with Gasteiger partial charge in [-0.1, -0.05) is 0 Å². The first-order chi connectivity index (χ1) is 4.77. The lowest BCUT2D eigenvalue weighted by atomic mass is 10.7. The van der Waals surface area contributed by atoms with Gasteiger partial charge < -0.3 is 9.47 Å². The predicted octanol–water partition coefficient (Wildman–Crippen LogP) is -0.676. The van der Waals surface area contributed by atoms with E-state index in [1.54, 1.807) is 19.6 Å². The third-order valence-corrected chi connectivity index (χ3v) is 0.593. The summed E-state index contributed by atoms with van der Waals surface area (Å²) < 4.78 is 17.2. The maximum Gasteiger partial charge on any atom is 0.302 e. The second-order valence-electron chi connectivity index (χ2n) is 1.33. The zero-order valence-electron chi connectivity index (χ0n) is 6.05. The molecule has 5 heteroatoms. The van der Waals surface area contributed by atoms with E-state index in [1.807, 2.05) is 0 Å². The summed E-state index contributed by atoms with van der Waals surface area (Å²) in [6.07, 6.45) is 0. The lowest BCUT2D eigenvalue weighted by molar-refractivity contribution is -0.142. The Morgan fingerprint density at radius 1 is 1.40 bits per heavy atom. The smallest absolute Gasteiger partial charge is 0.302 e. The van der Waals surface area contributed by atoms with E-state index in [0.717, 1.165) is 0 Å². The molecule has 4 nitrogen and oxygen atoms in total. The molecule has 0 aromatic carbocycles. The summed E-state index contributed by atoms with van der Waals surface area (Å²) >= 11 is 1.72. The third kappa shape index (κ3) is 15.6. The molecule has 0 aliphatic heterocycles. The van der Waals surface area contributed by atoms with Gasteiger partial charge >= 0.3 is 5.97 Å². The minimum absolute atomic E-state index is 0.262. The monoisotopic (exact) mass is 168 g/mol. The largest absolute Gasteiger partial charge is 0.463 e. The first kappa shape index (κ1) is 12.3. The van der Waals surface area contributed by atoms with E-state index in [2.05, 4.69) is 9.47 Å². The Bertz CT molecular complexity index is 85.7. The minimum atomic E-state index is -0.262. The molecule has 0 aromatic rings. The molecule has 0 aliphatic carbocycles. The van der Waals surface area contributed by atoms with Gasteiger partial charge in [0.05, 0.1) is 6.61 Å². The fourth-order valence-electron chi connectivity index (χ4n) is 0.269. The molecular weight excluding hydrogens is 156 g/mol. The van der Waals surface area contributed by atoms with Crippen LogP contribution in [0.1, 0.15) is 6.92 Å². The van der Waals surface area contributed by atoms with Gasteiger partial charge in [0.15, 0.2) is 0 Å². The van der Waals surface area contributed by atoms with Gasteiger partial charge in [-0.05, 0) is 12.5 Å². The van der Waals surface area contributed by atoms with Crippen molar-refractivity contribution in [3.05, 3.63) is 0 Å². The standard InChI is InChI=1S/C5H10O3.H2OS/c1-5(6)8-4-3-7-2;1-2/h3-4H2,1-2H3;2H2. The molecule has 0 amide bonds. The SMILES string of the molecule is COCCOC(C)=O.O=[SH2]. The average Bonchev–Trinajstić information content (AvgIpc) is 1.92. The van der Waals surface area contributed by atoms with Crippen LogP contribution in [0.5, 0.6) is 0 Å². The van der Waals surface area contributed by atoms with E-state index in [1.165, 1.54) is 6.92 Å². The number of carbonyl (C=O) groups is 1. The van der Waals surface area contributed by atoms with Crippen LogP contribution < -0.4 is 0 Å². The summed E-state index contributed by atoms with van der Waals surface area (Å²) in [6, 6.07) is 0. The van der Waals surface area contributed by atoms with E-state index in [-0.39, 0.29) is 5.97 Å². The number of ether oxygens (including phenoxy) is 2. The van der Waals surface area contributed by atoms with Gasteiger partial charge in [0.2, 0.25) is 0 Å². The Kier molecular flexibility index (Phi) is 14.0. The molecular formula is C5H12O4S. The van der Waals surface area contributed by atoms with Crippen molar-refractivity contribution >= 4 is 18.5 Å². The summed E-state index contributed by atoms with van der Waals surface area (Å²) in [4.78, 5) is 10.0. The van der Waals surface area contributed by atoms with Crippen molar-refractivity contribution < 1.29 is 18.5 Å². The highest BCUT2D eigenvalue weighted by molar-refractivity contribution is 7.44. The van der Waals surface area contributed by atoms with Crippen molar-refractivity contribution in [1.29, 1.82) is 0 Å². The first-order valence-electron chi connectivity index (χ1n) is 2.60. The second kappa shape index (κ2) is 11.4. The van der Waals surface area contributed by atoms with Crippen molar-refractivity contribution in [3.8, 4) is 0 Å². The summed E-state index contributed by atoms with van der Waals surface area (Å²) in [5.74, 6) is -0.262. The topological polar surface area (TPSA) is 52.6 Å². The van der Waals surface area contributed by atoms with Crippen LogP contribution in [0.2, 0.25) is 0 Å². The molecule has 0 rings (SSSR count). The molecule has 0 saturated heterocycles. The molecule has 0 unspecified atom stereocenters. The molecule has 62 valence electrons. The van der Waals surface area contributed by atoms with Crippen LogP contribution in [0.3, 0.4) is 0 Å². The Morgan fingerprint density at radius 3 is 2.20 bits per heavy atom. The minimum Gasteiger partial charge on any atom is -0.463 e. The van der Waals surface area contributed by atoms with Crippen molar-refractivity contribution in [1.82, 2.24) is 0 Å². The quantitative estimate of drug-likeness (QED) is 0.414. The van der Waals surface area contributed by atoms with Gasteiger partial charge in [0, 0.05) is 14.0 Å². The van der Waals surface area contributed by atoms with E-state index < -0.39 is 0 Å². The summed E-state index contributed by atoms with van der Waals surface area (Å²) in [5.41, 5.74) is 0. The van der Waals surface area contributed by atoms with Crippen molar-refractivity contribution in [3.63, 3.8) is 0 Å². The Hall–Kier alpha value is -0.420. The Labute approximate surface area is 65.0 Å². The highest BCUT2D eigenvalue weighted by Gasteiger charge is 1.88. The maximum atomic E-state index is 10.0. The fourth-order valence-corrected chi connectivity index (χ4v) is 0.269. The molecule has 0 N–H and O–H groups in total. The number of methoxy groups -OCH3 is 1. The van der Waals surface area contributed by atoms with Crippen LogP contribution in [-0.4, -0.2) is 30.5 Å². The van der Waals surface area contributed by atoms with E-state index in [4.69, 9.17) is 4.21 Å². The van der Waals surface area contributed by atoms with Gasteiger partial charge in [0.25, 0.3) is 0 Å². The predicted molar refractivity (Wildman–Crippen MR) is 39.4 cm³/mol. The molecule has 10 heavy (non-hydrogen) atoms. The van der Waals surface area contributed by atoms with Crippen LogP contribution in [0.25, 0.3) is 0 Å². The molecule has 0 aliphatic rings. The highest BCUT2D eigenvalue weighted by Crippen LogP contribution is 1.74. The summed E-state index contributed by atoms with van der Waals surface area (Å²) in [5, 5.41) is 0. The van der Waals surface area contributed by atoms with Gasteiger partial charge in [-0.2, -0.15) is 0 Å². The zero-order valence-corrected chi connectivity index (χ0v) is 7.05. The lowest BCUT2D eigenvalue weighted by Crippen LogP contribution is -2.05.